The fraction of sp³-hybridized carbons (Fsp3) is 0.500. The van der Waals surface area contributed by atoms with Crippen molar-refractivity contribution in [2.24, 2.45) is 17.2 Å². The lowest BCUT2D eigenvalue weighted by atomic mass is 11.1. The first-order valence-corrected chi connectivity index (χ1v) is 3.28. The van der Waals surface area contributed by atoms with E-state index in [9.17, 15) is 0 Å². The van der Waals surface area contributed by atoms with Crippen LogP contribution in [-0.2, 0) is 0 Å². The lowest BCUT2D eigenvalue weighted by Gasteiger charge is -1.69. The van der Waals surface area contributed by atoms with Gasteiger partial charge in [0.25, 0.3) is 0 Å². The zero-order valence-electron chi connectivity index (χ0n) is 7.81. The van der Waals surface area contributed by atoms with E-state index in [-0.39, 0.29) is 0 Å². The highest BCUT2D eigenvalue weighted by atomic mass is 14.9. The molecule has 0 saturated carbocycles. The molecule has 6 nitrogen and oxygen atoms in total. The molecule has 0 amide bonds. The molecule has 0 saturated heterocycles. The van der Waals surface area contributed by atoms with Crippen LogP contribution in [0.25, 0.3) is 0 Å². The number of hydrogen-bond acceptors (Lipinski definition) is 6. The van der Waals surface area contributed by atoms with Crippen molar-refractivity contribution in [3.05, 3.63) is 19.0 Å². The Morgan fingerprint density at radius 2 is 0.750 bits per heavy atom. The van der Waals surface area contributed by atoms with E-state index in [4.69, 9.17) is 0 Å². The van der Waals surface area contributed by atoms with Crippen molar-refractivity contribution in [1.82, 2.24) is 15.0 Å². The molecular weight excluding hydrogens is 156 g/mol. The number of rotatable bonds is 0. The van der Waals surface area contributed by atoms with Gasteiger partial charge in [-0.15, -0.1) is 0 Å². The molecule has 0 fully saturated rings. The molecule has 0 unspecified atom stereocenters. The highest BCUT2D eigenvalue weighted by molar-refractivity contribution is 4.51. The molecule has 0 aromatic carbocycles. The minimum absolute atomic E-state index is 1.44. The van der Waals surface area contributed by atoms with Gasteiger partial charge in [-0.25, -0.2) is 15.0 Å². The predicted octanol–water partition coefficient (Wildman–Crippen LogP) is -1.40. The summed E-state index contributed by atoms with van der Waals surface area (Å²) in [5.74, 6) is 0. The average molecular weight is 174 g/mol. The summed E-state index contributed by atoms with van der Waals surface area (Å²) in [7, 11) is 4.50. The molecule has 1 heterocycles. The second-order valence-corrected chi connectivity index (χ2v) is 0.794. The van der Waals surface area contributed by atoms with Gasteiger partial charge in [0.1, 0.15) is 19.0 Å². The Morgan fingerprint density at radius 3 is 0.833 bits per heavy atom. The van der Waals surface area contributed by atoms with Crippen LogP contribution >= 0.6 is 0 Å². The topological polar surface area (TPSA) is 117 Å². The predicted molar refractivity (Wildman–Crippen MR) is 50.2 cm³/mol. The van der Waals surface area contributed by atoms with Crippen molar-refractivity contribution in [2.45, 2.75) is 0 Å². The van der Waals surface area contributed by atoms with Gasteiger partial charge in [0.2, 0.25) is 0 Å². The van der Waals surface area contributed by atoms with E-state index in [2.05, 4.69) is 32.2 Å². The van der Waals surface area contributed by atoms with E-state index in [1.165, 1.54) is 40.1 Å². The minimum atomic E-state index is 1.44. The van der Waals surface area contributed by atoms with Crippen molar-refractivity contribution >= 4 is 0 Å². The quantitative estimate of drug-likeness (QED) is 0.445. The number of nitrogens with zero attached hydrogens (tertiary/aromatic N) is 3. The van der Waals surface area contributed by atoms with E-state index in [1.54, 1.807) is 0 Å². The maximum absolute atomic E-state index is 4.50. The number of nitrogens with two attached hydrogens (primary N) is 3. The standard InChI is InChI=1S/C3H3N3.3CH5N/c1-4-2-6-3-5-1;3*1-2/h1-3H;3*2H2,1H3. The van der Waals surface area contributed by atoms with Gasteiger partial charge in [-0.05, 0) is 21.1 Å². The molecule has 0 radical (unpaired) electrons. The van der Waals surface area contributed by atoms with Crippen LogP contribution in [0.5, 0.6) is 0 Å². The summed E-state index contributed by atoms with van der Waals surface area (Å²) in [5, 5.41) is 0. The zero-order chi connectivity index (χ0) is 10.2. The molecule has 0 aliphatic rings. The van der Waals surface area contributed by atoms with Gasteiger partial charge in [-0.2, -0.15) is 0 Å². The van der Waals surface area contributed by atoms with E-state index >= 15 is 0 Å². The Balaban J connectivity index is -0.000000117. The van der Waals surface area contributed by atoms with Crippen molar-refractivity contribution in [3.63, 3.8) is 0 Å². The summed E-state index contributed by atoms with van der Waals surface area (Å²) in [5.41, 5.74) is 13.5. The van der Waals surface area contributed by atoms with Crippen molar-refractivity contribution in [3.8, 4) is 0 Å². The van der Waals surface area contributed by atoms with Gasteiger partial charge in [-0.1, -0.05) is 0 Å². The average Bonchev–Trinajstić information content (AvgIpc) is 2.29. The highest BCUT2D eigenvalue weighted by Crippen LogP contribution is 1.57. The van der Waals surface area contributed by atoms with Crippen LogP contribution in [0.1, 0.15) is 0 Å². The fourth-order valence-corrected chi connectivity index (χ4v) is 0.205. The molecule has 72 valence electrons. The Hall–Kier alpha value is -1.11. The first kappa shape index (κ1) is 17.1. The molecule has 1 aromatic heterocycles. The molecule has 6 N–H and O–H groups in total. The van der Waals surface area contributed by atoms with E-state index in [0.717, 1.165) is 0 Å². The third kappa shape index (κ3) is 23.1. The second-order valence-electron chi connectivity index (χ2n) is 0.794. The summed E-state index contributed by atoms with van der Waals surface area (Å²) in [6.45, 7) is 0. The fourth-order valence-electron chi connectivity index (χ4n) is 0.205. The maximum atomic E-state index is 4.50. The van der Waals surface area contributed by atoms with Gasteiger partial charge in [0, 0.05) is 0 Å². The third-order valence-electron chi connectivity index (χ3n) is 0.400. The van der Waals surface area contributed by atoms with Crippen LogP contribution in [-0.4, -0.2) is 36.1 Å². The lowest BCUT2D eigenvalue weighted by molar-refractivity contribution is 1.05. The second kappa shape index (κ2) is 32.7. The highest BCUT2D eigenvalue weighted by Gasteiger charge is 1.59. The van der Waals surface area contributed by atoms with Gasteiger partial charge >= 0.3 is 0 Å². The van der Waals surface area contributed by atoms with Crippen LogP contribution in [0.3, 0.4) is 0 Å². The summed E-state index contributed by atoms with van der Waals surface area (Å²) in [6.07, 6.45) is 4.31. The van der Waals surface area contributed by atoms with Crippen LogP contribution in [0.15, 0.2) is 19.0 Å². The van der Waals surface area contributed by atoms with Crippen molar-refractivity contribution < 1.29 is 0 Å². The Labute approximate surface area is 73.2 Å². The molecule has 0 aliphatic heterocycles. The zero-order valence-corrected chi connectivity index (χ0v) is 7.81. The molecule has 6 heteroatoms. The maximum Gasteiger partial charge on any atom is 0.119 e. The largest absolute Gasteiger partial charge is 0.333 e. The normalized spacial score (nSPS) is 5.50. The lowest BCUT2D eigenvalue weighted by Crippen LogP contribution is -1.73. The summed E-state index contributed by atoms with van der Waals surface area (Å²) < 4.78 is 0. The van der Waals surface area contributed by atoms with Crippen LogP contribution in [0, 0.1) is 0 Å². The monoisotopic (exact) mass is 174 g/mol. The van der Waals surface area contributed by atoms with E-state index in [1.807, 2.05) is 0 Å². The van der Waals surface area contributed by atoms with Gasteiger partial charge in [0.05, 0.1) is 0 Å². The minimum Gasteiger partial charge on any atom is -0.333 e. The van der Waals surface area contributed by atoms with Gasteiger partial charge < -0.3 is 17.2 Å². The summed E-state index contributed by atoms with van der Waals surface area (Å²) in [6, 6.07) is 0. The Morgan fingerprint density at radius 1 is 0.583 bits per heavy atom. The third-order valence-corrected chi connectivity index (χ3v) is 0.400. The molecular formula is C6H18N6. The SMILES string of the molecule is CN.CN.CN.c1ncncn1. The van der Waals surface area contributed by atoms with E-state index < -0.39 is 0 Å². The molecule has 1 rings (SSSR count). The molecule has 0 spiro atoms. The first-order valence-electron chi connectivity index (χ1n) is 3.28. The van der Waals surface area contributed by atoms with Crippen LogP contribution in [0.2, 0.25) is 0 Å². The smallest absolute Gasteiger partial charge is 0.119 e. The molecule has 1 aromatic rings. The molecule has 0 aliphatic carbocycles. The number of hydrogen-bond donors (Lipinski definition) is 3. The summed E-state index contributed by atoms with van der Waals surface area (Å²) in [4.78, 5) is 10.7. The summed E-state index contributed by atoms with van der Waals surface area (Å²) >= 11 is 0. The number of aromatic nitrogens is 3. The first-order chi connectivity index (χ1) is 6.00. The van der Waals surface area contributed by atoms with Gasteiger partial charge in [-0.3, -0.25) is 0 Å². The molecule has 0 bridgehead atoms. The Bertz CT molecular complexity index is 84.0. The van der Waals surface area contributed by atoms with Gasteiger partial charge in [0.15, 0.2) is 0 Å². The van der Waals surface area contributed by atoms with Crippen LogP contribution in [0.4, 0.5) is 0 Å². The van der Waals surface area contributed by atoms with Crippen molar-refractivity contribution in [2.75, 3.05) is 21.1 Å². The van der Waals surface area contributed by atoms with Crippen LogP contribution < -0.4 is 17.2 Å². The van der Waals surface area contributed by atoms with Crippen molar-refractivity contribution in [1.29, 1.82) is 0 Å². The van der Waals surface area contributed by atoms with E-state index in [0.29, 0.717) is 0 Å². The Kier molecular flexibility index (Phi) is 46.6. The molecule has 0 atom stereocenters. The molecule has 12 heavy (non-hydrogen) atoms.